The molecule has 0 fully saturated rings. The van der Waals surface area contributed by atoms with Crippen LogP contribution < -0.4 is 10.7 Å². The number of amides is 1. The predicted molar refractivity (Wildman–Crippen MR) is 127 cm³/mol. The number of hydrogen-bond donors (Lipinski definition) is 1. The Morgan fingerprint density at radius 1 is 1.11 bits per heavy atom. The molecule has 10 heteroatoms. The van der Waals surface area contributed by atoms with Crippen molar-refractivity contribution in [1.29, 1.82) is 0 Å². The number of nitrogens with zero attached hydrogens (tertiary/aromatic N) is 3. The average Bonchev–Trinajstić information content (AvgIpc) is 3.09. The molecule has 0 aliphatic carbocycles. The Kier molecular flexibility index (Phi) is 5.92. The summed E-state index contributed by atoms with van der Waals surface area (Å²) >= 11 is 0. The van der Waals surface area contributed by atoms with E-state index in [1.54, 1.807) is 53.7 Å². The van der Waals surface area contributed by atoms with Crippen molar-refractivity contribution in [2.75, 3.05) is 5.32 Å². The molecule has 0 unspecified atom stereocenters. The van der Waals surface area contributed by atoms with Crippen molar-refractivity contribution >= 4 is 22.8 Å². The van der Waals surface area contributed by atoms with Crippen LogP contribution in [0.5, 0.6) is 0 Å². The van der Waals surface area contributed by atoms with E-state index in [9.17, 15) is 14.0 Å². The van der Waals surface area contributed by atoms with Crippen molar-refractivity contribution in [3.8, 4) is 16.9 Å². The number of nitrogens with one attached hydrogen (secondary N) is 1. The number of carbonyl (C=O) groups is 1. The number of rotatable bonds is 3. The maximum absolute atomic E-state index is 15.1. The monoisotopic (exact) mass is 482 g/mol. The molecule has 0 atom stereocenters. The minimum Gasteiger partial charge on any atom is -0.444 e. The molecule has 0 radical (unpaired) electrons. The van der Waals surface area contributed by atoms with E-state index in [0.29, 0.717) is 34.3 Å². The van der Waals surface area contributed by atoms with E-state index >= 15 is 4.39 Å². The first-order valence-corrected chi connectivity index (χ1v) is 10.8. The molecule has 1 N–H and O–H groups in total. The molecule has 3 heterocycles. The normalized spacial score (nSPS) is 11.7. The summed E-state index contributed by atoms with van der Waals surface area (Å²) in [5.74, 6) is -1.36. The third-order valence-corrected chi connectivity index (χ3v) is 5.25. The molecule has 182 valence electrons. The van der Waals surface area contributed by atoms with E-state index in [1.807, 2.05) is 0 Å². The second-order valence-corrected chi connectivity index (χ2v) is 9.19. The van der Waals surface area contributed by atoms with Crippen molar-refractivity contribution < 1.29 is 22.8 Å². The smallest absolute Gasteiger partial charge is 0.412 e. The Balaban J connectivity index is 1.92. The van der Waals surface area contributed by atoms with Crippen molar-refractivity contribution in [1.82, 2.24) is 14.7 Å². The lowest BCUT2D eigenvalue weighted by molar-refractivity contribution is 0.0635. The molecule has 0 aliphatic rings. The number of hydrogen-bond acceptors (Lipinski definition) is 6. The van der Waals surface area contributed by atoms with Gasteiger partial charge >= 0.3 is 6.09 Å². The molecule has 3 aromatic heterocycles. The second kappa shape index (κ2) is 8.61. The van der Waals surface area contributed by atoms with Crippen LogP contribution in [-0.4, -0.2) is 26.4 Å². The van der Waals surface area contributed by atoms with Crippen LogP contribution in [0.2, 0.25) is 0 Å². The highest BCUT2D eigenvalue weighted by Gasteiger charge is 2.21. The van der Waals surface area contributed by atoms with Gasteiger partial charge in [-0.2, -0.15) is 0 Å². The van der Waals surface area contributed by atoms with Gasteiger partial charge in [0.2, 0.25) is 0 Å². The van der Waals surface area contributed by atoms with Crippen LogP contribution in [0.15, 0.2) is 39.8 Å². The summed E-state index contributed by atoms with van der Waals surface area (Å²) in [7, 11) is 0. The molecule has 0 saturated carbocycles. The molecule has 4 rings (SSSR count). The maximum atomic E-state index is 15.1. The minimum absolute atomic E-state index is 0.117. The highest BCUT2D eigenvalue weighted by molar-refractivity contribution is 5.86. The highest BCUT2D eigenvalue weighted by Crippen LogP contribution is 2.29. The van der Waals surface area contributed by atoms with Gasteiger partial charge in [-0.25, -0.2) is 18.6 Å². The maximum Gasteiger partial charge on any atom is 0.412 e. The van der Waals surface area contributed by atoms with Crippen molar-refractivity contribution in [3.05, 3.63) is 69.3 Å². The predicted octanol–water partition coefficient (Wildman–Crippen LogP) is 5.59. The summed E-state index contributed by atoms with van der Waals surface area (Å²) in [5.41, 5.74) is 0.709. The van der Waals surface area contributed by atoms with Crippen molar-refractivity contribution in [2.45, 2.75) is 47.1 Å². The van der Waals surface area contributed by atoms with E-state index in [1.165, 1.54) is 10.8 Å². The van der Waals surface area contributed by atoms with Crippen LogP contribution in [-0.2, 0) is 4.74 Å². The van der Waals surface area contributed by atoms with Gasteiger partial charge in [-0.05, 0) is 59.7 Å². The van der Waals surface area contributed by atoms with Crippen LogP contribution in [0.4, 0.5) is 19.3 Å². The number of carbonyl (C=O) groups excluding carboxylic acids is 1. The number of halogens is 2. The molecule has 0 aliphatic heterocycles. The zero-order valence-electron chi connectivity index (χ0n) is 20.1. The fourth-order valence-corrected chi connectivity index (χ4v) is 3.74. The first-order valence-electron chi connectivity index (χ1n) is 10.8. The van der Waals surface area contributed by atoms with Gasteiger partial charge in [-0.3, -0.25) is 14.7 Å². The largest absolute Gasteiger partial charge is 0.444 e. The number of aryl methyl sites for hydroxylation is 3. The van der Waals surface area contributed by atoms with Crippen LogP contribution >= 0.6 is 0 Å². The van der Waals surface area contributed by atoms with E-state index in [4.69, 9.17) is 9.26 Å². The third kappa shape index (κ3) is 4.64. The summed E-state index contributed by atoms with van der Waals surface area (Å²) in [5, 5.41) is 6.49. The van der Waals surface area contributed by atoms with E-state index in [2.05, 4.69) is 15.5 Å². The fraction of sp³-hybridized carbons (Fsp3) is 0.280. The van der Waals surface area contributed by atoms with Crippen LogP contribution in [0.3, 0.4) is 0 Å². The summed E-state index contributed by atoms with van der Waals surface area (Å²) in [4.78, 5) is 29.6. The van der Waals surface area contributed by atoms with Gasteiger partial charge in [0.05, 0.1) is 33.7 Å². The van der Waals surface area contributed by atoms with Crippen LogP contribution in [0, 0.1) is 32.4 Å². The van der Waals surface area contributed by atoms with Gasteiger partial charge in [-0.1, -0.05) is 5.16 Å². The Labute approximate surface area is 199 Å². The van der Waals surface area contributed by atoms with Crippen LogP contribution in [0.25, 0.3) is 28.0 Å². The molecular formula is C25H24F2N4O4. The quantitative estimate of drug-likeness (QED) is 0.409. The topological polar surface area (TPSA) is 99.2 Å². The van der Waals surface area contributed by atoms with Crippen LogP contribution in [0.1, 0.15) is 37.8 Å². The Morgan fingerprint density at radius 2 is 1.83 bits per heavy atom. The fourth-order valence-electron chi connectivity index (χ4n) is 3.74. The van der Waals surface area contributed by atoms with E-state index in [0.717, 1.165) is 6.07 Å². The SMILES string of the molecule is Cc1noc(C)c1-c1ccc2c(=O)c(C)cn(-c3cc(NC(=O)OC(C)(C)C)c(F)cc3F)c2n1. The van der Waals surface area contributed by atoms with Crippen molar-refractivity contribution in [3.63, 3.8) is 0 Å². The lowest BCUT2D eigenvalue weighted by atomic mass is 10.1. The number of pyridine rings is 2. The standard InChI is InChI=1S/C25H24F2N4O4/c1-12-11-31(20-10-19(16(26)9-17(20)27)29-24(33)34-25(4,5)6)23-15(22(12)32)7-8-18(28-23)21-13(2)30-35-14(21)3/h7-11H,1-6H3,(H,29,33). The summed E-state index contributed by atoms with van der Waals surface area (Å²) < 4.78 is 41.3. The number of fused-ring (bicyclic) bond motifs is 1. The first-order chi connectivity index (χ1) is 16.4. The number of benzene rings is 1. The Bertz CT molecular complexity index is 1510. The minimum atomic E-state index is -0.983. The molecule has 0 saturated heterocycles. The first kappa shape index (κ1) is 24.1. The number of aromatic nitrogens is 3. The van der Waals surface area contributed by atoms with Gasteiger partial charge in [0.25, 0.3) is 0 Å². The summed E-state index contributed by atoms with van der Waals surface area (Å²) in [6, 6.07) is 5.04. The zero-order valence-corrected chi connectivity index (χ0v) is 20.1. The Hall–Kier alpha value is -4.08. The zero-order chi connectivity index (χ0) is 25.7. The molecule has 0 spiro atoms. The van der Waals surface area contributed by atoms with Crippen molar-refractivity contribution in [2.24, 2.45) is 0 Å². The van der Waals surface area contributed by atoms with Gasteiger partial charge in [-0.15, -0.1) is 0 Å². The number of anilines is 1. The Morgan fingerprint density at radius 3 is 2.46 bits per heavy atom. The molecular weight excluding hydrogens is 458 g/mol. The lowest BCUT2D eigenvalue weighted by Gasteiger charge is -2.20. The molecule has 0 bridgehead atoms. The lowest BCUT2D eigenvalue weighted by Crippen LogP contribution is -2.27. The van der Waals surface area contributed by atoms with Gasteiger partial charge in [0.15, 0.2) is 5.43 Å². The third-order valence-electron chi connectivity index (χ3n) is 5.25. The molecule has 8 nitrogen and oxygen atoms in total. The molecule has 35 heavy (non-hydrogen) atoms. The van der Waals surface area contributed by atoms with Gasteiger partial charge in [0.1, 0.15) is 28.6 Å². The average molecular weight is 482 g/mol. The molecule has 4 aromatic rings. The van der Waals surface area contributed by atoms with Gasteiger partial charge < -0.3 is 9.26 Å². The van der Waals surface area contributed by atoms with E-state index < -0.39 is 23.3 Å². The summed E-state index contributed by atoms with van der Waals surface area (Å²) in [6.07, 6.45) is 0.524. The van der Waals surface area contributed by atoms with E-state index in [-0.39, 0.29) is 27.8 Å². The molecule has 1 amide bonds. The highest BCUT2D eigenvalue weighted by atomic mass is 19.1. The molecule has 1 aromatic carbocycles. The second-order valence-electron chi connectivity index (χ2n) is 9.19. The number of ether oxygens (including phenoxy) is 1. The summed E-state index contributed by atoms with van der Waals surface area (Å²) in [6.45, 7) is 10.1. The van der Waals surface area contributed by atoms with Gasteiger partial charge in [0, 0.05) is 17.8 Å².